The maximum atomic E-state index is 12.4. The summed E-state index contributed by atoms with van der Waals surface area (Å²) in [7, 11) is 0. The van der Waals surface area contributed by atoms with Gasteiger partial charge in [-0.05, 0) is 30.2 Å². The van der Waals surface area contributed by atoms with E-state index in [4.69, 9.17) is 0 Å². The molecule has 2 heterocycles. The Bertz CT molecular complexity index is 501. The van der Waals surface area contributed by atoms with Crippen LogP contribution in [-0.2, 0) is 9.59 Å². The Kier molecular flexibility index (Phi) is 4.28. The predicted octanol–water partition coefficient (Wildman–Crippen LogP) is 2.60. The Labute approximate surface area is 129 Å². The lowest BCUT2D eigenvalue weighted by Crippen LogP contribution is -2.47. The predicted molar refractivity (Wildman–Crippen MR) is 82.3 cm³/mol. The number of hydrogen-bond donors (Lipinski definition) is 1. The summed E-state index contributed by atoms with van der Waals surface area (Å²) in [5.41, 5.74) is 0. The maximum Gasteiger partial charge on any atom is 0.327 e. The standard InChI is InChI=1S/C13H15NO3S3/c15-10(7-19-11-2-1-5-18-11)14-9(13(16)17)6-20-12(14)8-3-4-8/h1-2,5,8-9,12H,3-4,6-7H2,(H,16,17). The van der Waals surface area contributed by atoms with Crippen molar-refractivity contribution in [2.45, 2.75) is 28.5 Å². The molecule has 1 aliphatic heterocycles. The largest absolute Gasteiger partial charge is 0.480 e. The fraction of sp³-hybridized carbons (Fsp3) is 0.538. The lowest BCUT2D eigenvalue weighted by Gasteiger charge is -2.27. The van der Waals surface area contributed by atoms with Crippen molar-refractivity contribution in [1.29, 1.82) is 0 Å². The summed E-state index contributed by atoms with van der Waals surface area (Å²) in [5.74, 6) is 0.424. The summed E-state index contributed by atoms with van der Waals surface area (Å²) in [6, 6.07) is 3.28. The van der Waals surface area contributed by atoms with Crippen molar-refractivity contribution < 1.29 is 14.7 Å². The zero-order chi connectivity index (χ0) is 14.1. The molecule has 0 spiro atoms. The van der Waals surface area contributed by atoms with Crippen LogP contribution in [0.3, 0.4) is 0 Å². The van der Waals surface area contributed by atoms with Gasteiger partial charge in [0, 0.05) is 5.75 Å². The number of nitrogens with zero attached hydrogens (tertiary/aromatic N) is 1. The molecule has 1 N–H and O–H groups in total. The van der Waals surface area contributed by atoms with Crippen LogP contribution in [0.2, 0.25) is 0 Å². The fourth-order valence-electron chi connectivity index (χ4n) is 2.33. The molecule has 1 saturated heterocycles. The summed E-state index contributed by atoms with van der Waals surface area (Å²) in [4.78, 5) is 25.4. The van der Waals surface area contributed by atoms with Crippen LogP contribution in [-0.4, -0.2) is 44.8 Å². The first kappa shape index (κ1) is 14.3. The average molecular weight is 329 g/mol. The molecule has 20 heavy (non-hydrogen) atoms. The Morgan fingerprint density at radius 1 is 1.45 bits per heavy atom. The number of aliphatic carboxylic acids is 1. The van der Waals surface area contributed by atoms with Gasteiger partial charge in [0.1, 0.15) is 6.04 Å². The second-order valence-corrected chi connectivity index (χ2v) is 8.31. The van der Waals surface area contributed by atoms with Gasteiger partial charge in [-0.1, -0.05) is 6.07 Å². The molecule has 1 amide bonds. The van der Waals surface area contributed by atoms with Gasteiger partial charge in [-0.25, -0.2) is 4.79 Å². The molecular formula is C13H15NO3S3. The maximum absolute atomic E-state index is 12.4. The summed E-state index contributed by atoms with van der Waals surface area (Å²) in [5, 5.41) is 11.3. The SMILES string of the molecule is O=C(O)C1CSC(C2CC2)N1C(=O)CSc1cccs1. The van der Waals surface area contributed by atoms with E-state index in [-0.39, 0.29) is 11.3 Å². The number of thioether (sulfide) groups is 2. The van der Waals surface area contributed by atoms with E-state index in [1.54, 1.807) is 28.0 Å². The summed E-state index contributed by atoms with van der Waals surface area (Å²) >= 11 is 4.73. The van der Waals surface area contributed by atoms with Crippen LogP contribution in [0, 0.1) is 5.92 Å². The second kappa shape index (κ2) is 5.99. The van der Waals surface area contributed by atoms with Gasteiger partial charge in [-0.15, -0.1) is 34.9 Å². The molecule has 1 aromatic rings. The first-order valence-electron chi connectivity index (χ1n) is 6.48. The van der Waals surface area contributed by atoms with Gasteiger partial charge in [0.2, 0.25) is 5.91 Å². The van der Waals surface area contributed by atoms with E-state index in [0.717, 1.165) is 17.1 Å². The summed E-state index contributed by atoms with van der Waals surface area (Å²) in [6.07, 6.45) is 2.23. The molecule has 1 saturated carbocycles. The average Bonchev–Trinajstić information content (AvgIpc) is 2.97. The van der Waals surface area contributed by atoms with Crippen LogP contribution in [0.4, 0.5) is 0 Å². The smallest absolute Gasteiger partial charge is 0.327 e. The van der Waals surface area contributed by atoms with Crippen molar-refractivity contribution in [2.75, 3.05) is 11.5 Å². The fourth-order valence-corrected chi connectivity index (χ4v) is 5.64. The highest BCUT2D eigenvalue weighted by atomic mass is 32.2. The molecular weight excluding hydrogens is 314 g/mol. The topological polar surface area (TPSA) is 57.6 Å². The van der Waals surface area contributed by atoms with Crippen molar-refractivity contribution >= 4 is 46.7 Å². The number of thiophene rings is 1. The highest BCUT2D eigenvalue weighted by Crippen LogP contribution is 2.45. The minimum Gasteiger partial charge on any atom is -0.480 e. The molecule has 3 rings (SSSR count). The van der Waals surface area contributed by atoms with Crippen LogP contribution in [0.5, 0.6) is 0 Å². The second-order valence-electron chi connectivity index (χ2n) is 4.94. The first-order valence-corrected chi connectivity index (χ1v) is 9.40. The van der Waals surface area contributed by atoms with Gasteiger partial charge in [0.15, 0.2) is 0 Å². The number of carbonyl (C=O) groups excluding carboxylic acids is 1. The van der Waals surface area contributed by atoms with Crippen molar-refractivity contribution in [2.24, 2.45) is 5.92 Å². The van der Waals surface area contributed by atoms with Gasteiger partial charge in [-0.3, -0.25) is 4.79 Å². The van der Waals surface area contributed by atoms with Gasteiger partial charge in [0.25, 0.3) is 0 Å². The number of carboxylic acids is 1. The molecule has 7 heteroatoms. The monoisotopic (exact) mass is 329 g/mol. The molecule has 2 fully saturated rings. The Morgan fingerprint density at radius 3 is 2.85 bits per heavy atom. The van der Waals surface area contributed by atoms with E-state index in [1.165, 1.54) is 11.8 Å². The third-order valence-electron chi connectivity index (χ3n) is 3.47. The summed E-state index contributed by atoms with van der Waals surface area (Å²) in [6.45, 7) is 0. The van der Waals surface area contributed by atoms with Gasteiger partial charge in [-0.2, -0.15) is 0 Å². The molecule has 2 atom stereocenters. The lowest BCUT2D eigenvalue weighted by atomic mass is 10.2. The van der Waals surface area contributed by atoms with E-state index in [0.29, 0.717) is 17.4 Å². The van der Waals surface area contributed by atoms with Gasteiger partial charge in [0.05, 0.1) is 15.3 Å². The zero-order valence-corrected chi connectivity index (χ0v) is 13.2. The van der Waals surface area contributed by atoms with Crippen LogP contribution in [0.15, 0.2) is 21.7 Å². The van der Waals surface area contributed by atoms with Crippen molar-refractivity contribution in [3.8, 4) is 0 Å². The van der Waals surface area contributed by atoms with Crippen molar-refractivity contribution in [1.82, 2.24) is 4.90 Å². The normalized spacial score (nSPS) is 25.9. The van der Waals surface area contributed by atoms with E-state index in [1.807, 2.05) is 17.5 Å². The molecule has 4 nitrogen and oxygen atoms in total. The molecule has 0 aromatic carbocycles. The number of carboxylic acid groups (broad SMARTS) is 1. The molecule has 108 valence electrons. The minimum atomic E-state index is -0.880. The highest BCUT2D eigenvalue weighted by Gasteiger charge is 2.47. The summed E-state index contributed by atoms with van der Waals surface area (Å²) < 4.78 is 1.10. The molecule has 2 aliphatic rings. The molecule has 1 aromatic heterocycles. The molecule has 0 bridgehead atoms. The van der Waals surface area contributed by atoms with Gasteiger partial charge >= 0.3 is 5.97 Å². The van der Waals surface area contributed by atoms with Crippen LogP contribution >= 0.6 is 34.9 Å². The number of hydrogen-bond acceptors (Lipinski definition) is 5. The highest BCUT2D eigenvalue weighted by molar-refractivity contribution is 8.01. The number of amides is 1. The first-order chi connectivity index (χ1) is 9.66. The Morgan fingerprint density at radius 2 is 2.25 bits per heavy atom. The third-order valence-corrected chi connectivity index (χ3v) is 7.04. The zero-order valence-electron chi connectivity index (χ0n) is 10.7. The van der Waals surface area contributed by atoms with E-state index >= 15 is 0 Å². The quantitative estimate of drug-likeness (QED) is 0.842. The lowest BCUT2D eigenvalue weighted by molar-refractivity contribution is -0.148. The van der Waals surface area contributed by atoms with E-state index in [2.05, 4.69) is 0 Å². The van der Waals surface area contributed by atoms with Crippen LogP contribution in [0.25, 0.3) is 0 Å². The van der Waals surface area contributed by atoms with E-state index < -0.39 is 12.0 Å². The van der Waals surface area contributed by atoms with Gasteiger partial charge < -0.3 is 10.0 Å². The Balaban J connectivity index is 1.67. The number of rotatable bonds is 5. The van der Waals surface area contributed by atoms with Crippen LogP contribution < -0.4 is 0 Å². The van der Waals surface area contributed by atoms with Crippen molar-refractivity contribution in [3.63, 3.8) is 0 Å². The third kappa shape index (κ3) is 2.99. The molecule has 1 aliphatic carbocycles. The Hall–Kier alpha value is -0.660. The molecule has 2 unspecified atom stereocenters. The number of carbonyl (C=O) groups is 2. The molecule has 0 radical (unpaired) electrons. The van der Waals surface area contributed by atoms with Crippen molar-refractivity contribution in [3.05, 3.63) is 17.5 Å². The minimum absolute atomic E-state index is 0.0438. The van der Waals surface area contributed by atoms with Crippen LogP contribution in [0.1, 0.15) is 12.8 Å². The van der Waals surface area contributed by atoms with E-state index in [9.17, 15) is 14.7 Å².